The minimum atomic E-state index is -3.28. The SMILES string of the molecule is CCC(C)S(=O)(=O)c1ccc(-c2ccccc2CNCC(C)F)cc1. The third-order valence-corrected chi connectivity index (χ3v) is 6.68. The first-order valence-corrected chi connectivity index (χ1v) is 10.2. The van der Waals surface area contributed by atoms with Crippen LogP contribution in [0.2, 0.25) is 0 Å². The monoisotopic (exact) mass is 363 g/mol. The number of nitrogens with one attached hydrogen (secondary N) is 1. The van der Waals surface area contributed by atoms with Gasteiger partial charge in [-0.2, -0.15) is 0 Å². The molecule has 2 atom stereocenters. The first kappa shape index (κ1) is 19.6. The largest absolute Gasteiger partial charge is 0.310 e. The molecule has 0 heterocycles. The van der Waals surface area contributed by atoms with Crippen LogP contribution in [0.1, 0.15) is 32.8 Å². The van der Waals surface area contributed by atoms with Crippen molar-refractivity contribution in [3.8, 4) is 11.1 Å². The third-order valence-electron chi connectivity index (χ3n) is 4.36. The zero-order chi connectivity index (χ0) is 18.4. The van der Waals surface area contributed by atoms with Crippen LogP contribution in [0.4, 0.5) is 4.39 Å². The van der Waals surface area contributed by atoms with Crippen LogP contribution in [0.3, 0.4) is 0 Å². The van der Waals surface area contributed by atoms with Gasteiger partial charge in [0.05, 0.1) is 10.1 Å². The molecule has 25 heavy (non-hydrogen) atoms. The highest BCUT2D eigenvalue weighted by Gasteiger charge is 2.21. The molecule has 2 aromatic carbocycles. The molecule has 3 nitrogen and oxygen atoms in total. The number of sulfone groups is 1. The molecule has 0 aliphatic rings. The molecule has 5 heteroatoms. The van der Waals surface area contributed by atoms with Crippen LogP contribution in [0, 0.1) is 0 Å². The second-order valence-electron chi connectivity index (χ2n) is 6.36. The lowest BCUT2D eigenvalue weighted by Gasteiger charge is -2.13. The van der Waals surface area contributed by atoms with E-state index in [-0.39, 0.29) is 0 Å². The van der Waals surface area contributed by atoms with E-state index in [2.05, 4.69) is 5.32 Å². The van der Waals surface area contributed by atoms with Gasteiger partial charge >= 0.3 is 0 Å². The van der Waals surface area contributed by atoms with Crippen LogP contribution < -0.4 is 5.32 Å². The lowest BCUT2D eigenvalue weighted by atomic mass is 10.00. The van der Waals surface area contributed by atoms with Gasteiger partial charge in [-0.05, 0) is 49.1 Å². The molecular formula is C20H26FNO2S. The van der Waals surface area contributed by atoms with Gasteiger partial charge in [0.15, 0.2) is 9.84 Å². The van der Waals surface area contributed by atoms with Crippen molar-refractivity contribution in [1.29, 1.82) is 0 Å². The Kier molecular flexibility index (Phi) is 6.73. The molecule has 0 radical (unpaired) electrons. The molecule has 1 N–H and O–H groups in total. The molecule has 0 aliphatic heterocycles. The molecule has 2 rings (SSSR count). The van der Waals surface area contributed by atoms with E-state index < -0.39 is 21.3 Å². The standard InChI is InChI=1S/C20H26FNO2S/c1-4-16(3)25(23,24)19-11-9-17(10-12-19)20-8-6-5-7-18(20)14-22-13-15(2)21/h5-12,15-16,22H,4,13-14H2,1-3H3. The fourth-order valence-electron chi connectivity index (χ4n) is 2.64. The van der Waals surface area contributed by atoms with Gasteiger partial charge in [-0.3, -0.25) is 0 Å². The van der Waals surface area contributed by atoms with Gasteiger partial charge in [-0.25, -0.2) is 12.8 Å². The number of rotatable bonds is 8. The Hall–Kier alpha value is -1.72. The Labute approximate surface area is 150 Å². The predicted octanol–water partition coefficient (Wildman–Crippen LogP) is 4.37. The molecule has 136 valence electrons. The second-order valence-corrected chi connectivity index (χ2v) is 8.72. The minimum absolute atomic E-state index is 0.306. The zero-order valence-electron chi connectivity index (χ0n) is 15.0. The fourth-order valence-corrected chi connectivity index (χ4v) is 4.06. The molecule has 0 spiro atoms. The van der Waals surface area contributed by atoms with Crippen molar-refractivity contribution >= 4 is 9.84 Å². The predicted molar refractivity (Wildman–Crippen MR) is 101 cm³/mol. The van der Waals surface area contributed by atoms with Crippen LogP contribution in [0.25, 0.3) is 11.1 Å². The van der Waals surface area contributed by atoms with Crippen LogP contribution in [0.5, 0.6) is 0 Å². The maximum absolute atomic E-state index is 13.0. The van der Waals surface area contributed by atoms with Crippen molar-refractivity contribution in [2.24, 2.45) is 0 Å². The summed E-state index contributed by atoms with van der Waals surface area (Å²) in [5.74, 6) is 0. The summed E-state index contributed by atoms with van der Waals surface area (Å²) in [5, 5.41) is 2.71. The van der Waals surface area contributed by atoms with Gasteiger partial charge in [0.25, 0.3) is 0 Å². The normalized spacial score (nSPS) is 14.2. The molecule has 0 aromatic heterocycles. The maximum Gasteiger partial charge on any atom is 0.180 e. The summed E-state index contributed by atoms with van der Waals surface area (Å²) >= 11 is 0. The molecule has 0 saturated carbocycles. The van der Waals surface area contributed by atoms with Gasteiger partial charge in [-0.1, -0.05) is 43.3 Å². The highest BCUT2D eigenvalue weighted by atomic mass is 32.2. The lowest BCUT2D eigenvalue weighted by Crippen LogP contribution is -2.21. The van der Waals surface area contributed by atoms with Crippen molar-refractivity contribution in [3.63, 3.8) is 0 Å². The Morgan fingerprint density at radius 2 is 1.68 bits per heavy atom. The molecule has 2 unspecified atom stereocenters. The molecule has 0 fully saturated rings. The van der Waals surface area contributed by atoms with Crippen molar-refractivity contribution < 1.29 is 12.8 Å². The van der Waals surface area contributed by atoms with E-state index in [9.17, 15) is 12.8 Å². The van der Waals surface area contributed by atoms with E-state index in [1.807, 2.05) is 43.3 Å². The summed E-state index contributed by atoms with van der Waals surface area (Å²) in [4.78, 5) is 0.354. The summed E-state index contributed by atoms with van der Waals surface area (Å²) in [6, 6.07) is 14.9. The number of hydrogen-bond acceptors (Lipinski definition) is 3. The first-order chi connectivity index (χ1) is 11.9. The molecule has 0 aliphatic carbocycles. The second kappa shape index (κ2) is 8.59. The van der Waals surface area contributed by atoms with Crippen molar-refractivity contribution in [3.05, 3.63) is 54.1 Å². The Morgan fingerprint density at radius 1 is 1.04 bits per heavy atom. The average molecular weight is 363 g/mol. The Bertz CT molecular complexity index is 786. The Balaban J connectivity index is 2.26. The van der Waals surface area contributed by atoms with Crippen molar-refractivity contribution in [2.75, 3.05) is 6.54 Å². The minimum Gasteiger partial charge on any atom is -0.310 e. The van der Waals surface area contributed by atoms with Crippen molar-refractivity contribution in [2.45, 2.75) is 50.1 Å². The molecule has 2 aromatic rings. The molecule has 0 amide bonds. The summed E-state index contributed by atoms with van der Waals surface area (Å²) in [7, 11) is -3.28. The van der Waals surface area contributed by atoms with Gasteiger partial charge in [0.1, 0.15) is 6.17 Å². The summed E-state index contributed by atoms with van der Waals surface area (Å²) < 4.78 is 37.8. The zero-order valence-corrected chi connectivity index (χ0v) is 15.8. The fraction of sp³-hybridized carbons (Fsp3) is 0.400. The highest BCUT2D eigenvalue weighted by Crippen LogP contribution is 2.26. The van der Waals surface area contributed by atoms with E-state index >= 15 is 0 Å². The van der Waals surface area contributed by atoms with E-state index in [4.69, 9.17) is 0 Å². The summed E-state index contributed by atoms with van der Waals surface area (Å²) in [6.07, 6.45) is -0.303. The Morgan fingerprint density at radius 3 is 2.28 bits per heavy atom. The van der Waals surface area contributed by atoms with Crippen LogP contribution in [0.15, 0.2) is 53.4 Å². The lowest BCUT2D eigenvalue weighted by molar-refractivity contribution is 0.344. The molecule has 0 bridgehead atoms. The number of hydrogen-bond donors (Lipinski definition) is 1. The van der Waals surface area contributed by atoms with Crippen LogP contribution >= 0.6 is 0 Å². The number of benzene rings is 2. The van der Waals surface area contributed by atoms with E-state index in [1.165, 1.54) is 6.92 Å². The smallest absolute Gasteiger partial charge is 0.180 e. The third kappa shape index (κ3) is 4.89. The van der Waals surface area contributed by atoms with E-state index in [0.717, 1.165) is 16.7 Å². The van der Waals surface area contributed by atoms with Gasteiger partial charge in [0.2, 0.25) is 0 Å². The van der Waals surface area contributed by atoms with Gasteiger partial charge < -0.3 is 5.32 Å². The quantitative estimate of drug-likeness (QED) is 0.757. The van der Waals surface area contributed by atoms with Crippen molar-refractivity contribution in [1.82, 2.24) is 5.32 Å². The van der Waals surface area contributed by atoms with Gasteiger partial charge in [-0.15, -0.1) is 0 Å². The number of alkyl halides is 1. The van der Waals surface area contributed by atoms with Crippen LogP contribution in [-0.4, -0.2) is 26.4 Å². The molecule has 0 saturated heterocycles. The average Bonchev–Trinajstić information content (AvgIpc) is 2.61. The summed E-state index contributed by atoms with van der Waals surface area (Å²) in [6.45, 7) is 6.00. The number of halogens is 1. The van der Waals surface area contributed by atoms with Gasteiger partial charge in [0, 0.05) is 13.1 Å². The maximum atomic E-state index is 13.0. The topological polar surface area (TPSA) is 46.2 Å². The van der Waals surface area contributed by atoms with E-state index in [1.54, 1.807) is 19.1 Å². The summed E-state index contributed by atoms with van der Waals surface area (Å²) in [5.41, 5.74) is 3.03. The molecular weight excluding hydrogens is 337 g/mol. The first-order valence-electron chi connectivity index (χ1n) is 8.63. The van der Waals surface area contributed by atoms with Crippen LogP contribution in [-0.2, 0) is 16.4 Å². The highest BCUT2D eigenvalue weighted by molar-refractivity contribution is 7.92. The van der Waals surface area contributed by atoms with E-state index in [0.29, 0.717) is 24.4 Å².